The van der Waals surface area contributed by atoms with E-state index in [9.17, 15) is 8.42 Å². The number of hydrogen-bond acceptors (Lipinski definition) is 4. The minimum absolute atomic E-state index is 0.226. The van der Waals surface area contributed by atoms with E-state index >= 15 is 0 Å². The van der Waals surface area contributed by atoms with E-state index in [1.807, 2.05) is 0 Å². The summed E-state index contributed by atoms with van der Waals surface area (Å²) in [5, 5.41) is 0. The second-order valence-corrected chi connectivity index (χ2v) is 6.91. The number of rotatable bonds is 4. The molecule has 0 unspecified atom stereocenters. The smallest absolute Gasteiger partial charge is 0.206 e. The van der Waals surface area contributed by atoms with Crippen molar-refractivity contribution in [2.75, 3.05) is 5.73 Å². The third-order valence-electron chi connectivity index (χ3n) is 3.28. The molecule has 0 aliphatic heterocycles. The third kappa shape index (κ3) is 3.35. The van der Waals surface area contributed by atoms with Crippen LogP contribution in [-0.4, -0.2) is 8.42 Å². The predicted molar refractivity (Wildman–Crippen MR) is 89.3 cm³/mol. The maximum absolute atomic E-state index is 12.5. The molecule has 23 heavy (non-hydrogen) atoms. The van der Waals surface area contributed by atoms with Gasteiger partial charge < -0.3 is 10.5 Å². The Bertz CT molecular complexity index is 905. The van der Waals surface area contributed by atoms with Gasteiger partial charge in [0.15, 0.2) is 0 Å². The molecule has 0 atom stereocenters. The molecule has 0 heterocycles. The molecule has 0 fully saturated rings. The largest absolute Gasteiger partial charge is 0.457 e. The van der Waals surface area contributed by atoms with Crippen LogP contribution in [0.25, 0.3) is 0 Å². The normalized spacial score (nSPS) is 11.1. The Kier molecular flexibility index (Phi) is 4.04. The van der Waals surface area contributed by atoms with Gasteiger partial charge in [0, 0.05) is 11.8 Å². The zero-order valence-corrected chi connectivity index (χ0v) is 13.0. The van der Waals surface area contributed by atoms with Crippen LogP contribution < -0.4 is 10.5 Å². The van der Waals surface area contributed by atoms with Gasteiger partial charge in [0.25, 0.3) is 0 Å². The number of ether oxygens (including phenoxy) is 1. The zero-order chi connectivity index (χ0) is 16.3. The number of sulfone groups is 1. The van der Waals surface area contributed by atoms with Gasteiger partial charge >= 0.3 is 0 Å². The quantitative estimate of drug-likeness (QED) is 0.739. The topological polar surface area (TPSA) is 69.4 Å². The molecule has 3 aromatic carbocycles. The summed E-state index contributed by atoms with van der Waals surface area (Å²) in [6.07, 6.45) is 0. The van der Waals surface area contributed by atoms with Gasteiger partial charge in [-0.05, 0) is 48.5 Å². The first-order chi connectivity index (χ1) is 11.1. The summed E-state index contributed by atoms with van der Waals surface area (Å²) in [7, 11) is -3.51. The molecule has 4 nitrogen and oxygen atoms in total. The standard InChI is InChI=1S/C18H15NO3S/c19-14-5-4-6-16(13-14)22-15-9-11-18(12-10-15)23(20,21)17-7-2-1-3-8-17/h1-13H,19H2. The van der Waals surface area contributed by atoms with Gasteiger partial charge in [-0.2, -0.15) is 0 Å². The van der Waals surface area contributed by atoms with Crippen molar-refractivity contribution in [2.45, 2.75) is 9.79 Å². The first-order valence-electron chi connectivity index (χ1n) is 6.99. The second-order valence-electron chi connectivity index (χ2n) is 4.96. The number of anilines is 1. The second kappa shape index (κ2) is 6.14. The maximum atomic E-state index is 12.5. The molecular formula is C18H15NO3S. The lowest BCUT2D eigenvalue weighted by molar-refractivity contribution is 0.482. The van der Waals surface area contributed by atoms with Crippen LogP contribution in [0.5, 0.6) is 11.5 Å². The van der Waals surface area contributed by atoms with Gasteiger partial charge in [0.2, 0.25) is 9.84 Å². The van der Waals surface area contributed by atoms with Crippen molar-refractivity contribution in [3.8, 4) is 11.5 Å². The highest BCUT2D eigenvalue weighted by molar-refractivity contribution is 7.91. The van der Waals surface area contributed by atoms with Crippen molar-refractivity contribution in [3.05, 3.63) is 78.9 Å². The number of nitrogens with two attached hydrogens (primary N) is 1. The first kappa shape index (κ1) is 15.1. The molecule has 5 heteroatoms. The fourth-order valence-corrected chi connectivity index (χ4v) is 3.42. The van der Waals surface area contributed by atoms with Gasteiger partial charge in [-0.25, -0.2) is 8.42 Å². The van der Waals surface area contributed by atoms with Crippen LogP contribution in [0.3, 0.4) is 0 Å². The van der Waals surface area contributed by atoms with Crippen molar-refractivity contribution in [1.29, 1.82) is 0 Å². The number of benzene rings is 3. The molecule has 0 aliphatic carbocycles. The summed E-state index contributed by atoms with van der Waals surface area (Å²) in [6, 6.07) is 21.7. The van der Waals surface area contributed by atoms with Crippen molar-refractivity contribution in [2.24, 2.45) is 0 Å². The van der Waals surface area contributed by atoms with E-state index in [4.69, 9.17) is 10.5 Å². The van der Waals surface area contributed by atoms with E-state index in [0.717, 1.165) is 0 Å². The average Bonchev–Trinajstić information content (AvgIpc) is 2.56. The minimum Gasteiger partial charge on any atom is -0.457 e. The monoisotopic (exact) mass is 325 g/mol. The van der Waals surface area contributed by atoms with Crippen LogP contribution in [0.2, 0.25) is 0 Å². The van der Waals surface area contributed by atoms with Gasteiger partial charge in [-0.1, -0.05) is 24.3 Å². The van der Waals surface area contributed by atoms with Crippen molar-refractivity contribution in [1.82, 2.24) is 0 Å². The molecule has 0 amide bonds. The Morgan fingerprint density at radius 3 is 2.00 bits per heavy atom. The summed E-state index contributed by atoms with van der Waals surface area (Å²) >= 11 is 0. The summed E-state index contributed by atoms with van der Waals surface area (Å²) in [4.78, 5) is 0.494. The van der Waals surface area contributed by atoms with E-state index in [2.05, 4.69) is 0 Å². The van der Waals surface area contributed by atoms with Crippen LogP contribution in [0, 0.1) is 0 Å². The highest BCUT2D eigenvalue weighted by Crippen LogP contribution is 2.26. The van der Waals surface area contributed by atoms with Gasteiger partial charge in [-0.3, -0.25) is 0 Å². The zero-order valence-electron chi connectivity index (χ0n) is 12.2. The molecule has 3 aromatic rings. The van der Waals surface area contributed by atoms with E-state index in [-0.39, 0.29) is 9.79 Å². The highest BCUT2D eigenvalue weighted by Gasteiger charge is 2.16. The summed E-state index contributed by atoms with van der Waals surface area (Å²) in [5.74, 6) is 1.14. The maximum Gasteiger partial charge on any atom is 0.206 e. The molecular weight excluding hydrogens is 310 g/mol. The Hall–Kier alpha value is -2.79. The number of nitrogen functional groups attached to an aromatic ring is 1. The Morgan fingerprint density at radius 1 is 0.696 bits per heavy atom. The SMILES string of the molecule is Nc1cccc(Oc2ccc(S(=O)(=O)c3ccccc3)cc2)c1. The fourth-order valence-electron chi connectivity index (χ4n) is 2.14. The Labute approximate surface area is 135 Å². The van der Waals surface area contributed by atoms with Crippen LogP contribution in [0.4, 0.5) is 5.69 Å². The molecule has 0 aliphatic rings. The molecule has 0 saturated heterocycles. The predicted octanol–water partition coefficient (Wildman–Crippen LogP) is 3.89. The molecule has 116 valence electrons. The lowest BCUT2D eigenvalue weighted by Crippen LogP contribution is -2.01. The summed E-state index contributed by atoms with van der Waals surface area (Å²) < 4.78 is 30.6. The first-order valence-corrected chi connectivity index (χ1v) is 8.48. The van der Waals surface area contributed by atoms with E-state index in [1.54, 1.807) is 66.7 Å². The van der Waals surface area contributed by atoms with Crippen molar-refractivity contribution >= 4 is 15.5 Å². The lowest BCUT2D eigenvalue weighted by atomic mass is 10.3. The van der Waals surface area contributed by atoms with Gasteiger partial charge in [-0.15, -0.1) is 0 Å². The Morgan fingerprint density at radius 2 is 1.35 bits per heavy atom. The van der Waals surface area contributed by atoms with Crippen LogP contribution in [0.1, 0.15) is 0 Å². The Balaban J connectivity index is 1.85. The molecule has 0 saturated carbocycles. The summed E-state index contributed by atoms with van der Waals surface area (Å²) in [5.41, 5.74) is 6.30. The minimum atomic E-state index is -3.51. The van der Waals surface area contributed by atoms with E-state index in [1.165, 1.54) is 12.1 Å². The number of hydrogen-bond donors (Lipinski definition) is 1. The average molecular weight is 325 g/mol. The van der Waals surface area contributed by atoms with Crippen molar-refractivity contribution in [3.63, 3.8) is 0 Å². The summed E-state index contributed by atoms with van der Waals surface area (Å²) in [6.45, 7) is 0. The molecule has 3 rings (SSSR count). The molecule has 2 N–H and O–H groups in total. The fraction of sp³-hybridized carbons (Fsp3) is 0. The van der Waals surface area contributed by atoms with Crippen LogP contribution >= 0.6 is 0 Å². The van der Waals surface area contributed by atoms with Crippen LogP contribution in [-0.2, 0) is 9.84 Å². The van der Waals surface area contributed by atoms with E-state index in [0.29, 0.717) is 17.2 Å². The molecule has 0 aromatic heterocycles. The molecule has 0 radical (unpaired) electrons. The van der Waals surface area contributed by atoms with Crippen LogP contribution in [0.15, 0.2) is 88.7 Å². The molecule has 0 spiro atoms. The third-order valence-corrected chi connectivity index (χ3v) is 5.07. The van der Waals surface area contributed by atoms with Gasteiger partial charge in [0.1, 0.15) is 11.5 Å². The van der Waals surface area contributed by atoms with Gasteiger partial charge in [0.05, 0.1) is 9.79 Å². The highest BCUT2D eigenvalue weighted by atomic mass is 32.2. The molecule has 0 bridgehead atoms. The van der Waals surface area contributed by atoms with E-state index < -0.39 is 9.84 Å². The van der Waals surface area contributed by atoms with Crippen molar-refractivity contribution < 1.29 is 13.2 Å². The lowest BCUT2D eigenvalue weighted by Gasteiger charge is -2.08.